The fraction of sp³-hybridized carbons (Fsp3) is 0.250. The summed E-state index contributed by atoms with van der Waals surface area (Å²) in [5.41, 5.74) is 0. The highest BCUT2D eigenvalue weighted by molar-refractivity contribution is 8.02. The third kappa shape index (κ3) is 0.684. The molecule has 0 unspecified atom stereocenters. The molecule has 0 amide bonds. The highest BCUT2D eigenvalue weighted by Gasteiger charge is 1.93. The lowest BCUT2D eigenvalue weighted by atomic mass is 10.9. The molecule has 1 nitrogen and oxygen atoms in total. The lowest BCUT2D eigenvalue weighted by Crippen LogP contribution is -1.98. The van der Waals surface area contributed by atoms with Crippen molar-refractivity contribution >= 4 is 11.8 Å². The maximum atomic E-state index is 3.66. The van der Waals surface area contributed by atoms with Crippen molar-refractivity contribution in [2.45, 2.75) is 0 Å². The van der Waals surface area contributed by atoms with E-state index in [2.05, 4.69) is 7.05 Å². The lowest BCUT2D eigenvalue weighted by Gasteiger charge is -2.00. The summed E-state index contributed by atoms with van der Waals surface area (Å²) in [5, 5.41) is 2.03. The summed E-state index contributed by atoms with van der Waals surface area (Å²) in [6.07, 6.45) is 1.96. The molecule has 1 aliphatic rings. The minimum absolute atomic E-state index is 1.01. The van der Waals surface area contributed by atoms with Gasteiger partial charge in [-0.05, 0) is 5.41 Å². The van der Waals surface area contributed by atoms with E-state index in [1.54, 1.807) is 11.8 Å². The first-order valence-electron chi connectivity index (χ1n) is 1.75. The Hall–Kier alpha value is -0.110. The van der Waals surface area contributed by atoms with Crippen LogP contribution < -0.4 is 0 Å². The summed E-state index contributed by atoms with van der Waals surface area (Å²) in [4.78, 5) is 1.89. The third-order valence-electron chi connectivity index (χ3n) is 0.608. The van der Waals surface area contributed by atoms with E-state index in [1.165, 1.54) is 0 Å². The van der Waals surface area contributed by atoms with Crippen molar-refractivity contribution in [3.63, 3.8) is 0 Å². The van der Waals surface area contributed by atoms with Crippen molar-refractivity contribution in [1.82, 2.24) is 4.90 Å². The van der Waals surface area contributed by atoms with Crippen LogP contribution in [0.1, 0.15) is 0 Å². The molecule has 2 heteroatoms. The zero-order valence-electron chi connectivity index (χ0n) is 3.42. The first-order chi connectivity index (χ1) is 2.89. The Kier molecular flexibility index (Phi) is 1.05. The van der Waals surface area contributed by atoms with Crippen LogP contribution in [0, 0.1) is 7.05 Å². The highest BCUT2D eigenvalue weighted by atomic mass is 32.2. The predicted molar refractivity (Wildman–Crippen MR) is 28.8 cm³/mol. The van der Waals surface area contributed by atoms with Crippen molar-refractivity contribution < 1.29 is 0 Å². The molecular weight excluding hydrogens is 94.1 g/mol. The van der Waals surface area contributed by atoms with Crippen LogP contribution in [0.25, 0.3) is 0 Å². The fourth-order valence-electron chi connectivity index (χ4n) is 0.311. The van der Waals surface area contributed by atoms with Crippen LogP contribution in [0.15, 0.2) is 11.6 Å². The molecule has 0 aromatic rings. The zero-order valence-corrected chi connectivity index (χ0v) is 4.24. The Morgan fingerprint density at radius 3 is 2.83 bits per heavy atom. The average Bonchev–Trinajstić information content (AvgIpc) is 1.86. The van der Waals surface area contributed by atoms with Crippen molar-refractivity contribution in [2.24, 2.45) is 0 Å². The fourth-order valence-corrected chi connectivity index (χ4v) is 0.933. The largest absolute Gasteiger partial charge is 0.366 e. The Balaban J connectivity index is 2.38. The second-order valence-electron chi connectivity index (χ2n) is 1.17. The van der Waals surface area contributed by atoms with Gasteiger partial charge >= 0.3 is 0 Å². The Labute approximate surface area is 42.0 Å². The summed E-state index contributed by atoms with van der Waals surface area (Å²) >= 11 is 1.77. The van der Waals surface area contributed by atoms with Gasteiger partial charge in [0, 0.05) is 13.2 Å². The van der Waals surface area contributed by atoms with Crippen LogP contribution in [0.2, 0.25) is 0 Å². The number of rotatable bonds is 0. The monoisotopic (exact) mass is 100 g/mol. The van der Waals surface area contributed by atoms with Gasteiger partial charge in [0.15, 0.2) is 0 Å². The lowest BCUT2D eigenvalue weighted by molar-refractivity contribution is 0.606. The molecule has 0 saturated carbocycles. The molecule has 0 aromatic carbocycles. The van der Waals surface area contributed by atoms with Gasteiger partial charge in [-0.15, -0.1) is 11.8 Å². The van der Waals surface area contributed by atoms with Gasteiger partial charge in [-0.3, -0.25) is 0 Å². The van der Waals surface area contributed by atoms with Gasteiger partial charge < -0.3 is 4.90 Å². The molecule has 1 rings (SSSR count). The molecule has 0 bridgehead atoms. The molecule has 0 aromatic heterocycles. The average molecular weight is 100 g/mol. The summed E-state index contributed by atoms with van der Waals surface area (Å²) in [6, 6.07) is 0. The van der Waals surface area contributed by atoms with E-state index >= 15 is 0 Å². The molecule has 0 aliphatic carbocycles. The number of thioether (sulfide) groups is 1. The maximum Gasteiger partial charge on any atom is 0.0675 e. The molecule has 0 N–H and O–H groups in total. The topological polar surface area (TPSA) is 3.24 Å². The predicted octanol–water partition coefficient (Wildman–Crippen LogP) is 1.26. The minimum atomic E-state index is 1.01. The van der Waals surface area contributed by atoms with E-state index in [4.69, 9.17) is 0 Å². The van der Waals surface area contributed by atoms with Crippen LogP contribution in [0.5, 0.6) is 0 Å². The molecule has 6 heavy (non-hydrogen) atoms. The molecule has 33 valence electrons. The molecule has 0 atom stereocenters. The molecule has 1 heterocycles. The van der Waals surface area contributed by atoms with Crippen molar-refractivity contribution in [3.8, 4) is 0 Å². The number of hydrogen-bond donors (Lipinski definition) is 0. The van der Waals surface area contributed by atoms with E-state index in [0.29, 0.717) is 0 Å². The van der Waals surface area contributed by atoms with Gasteiger partial charge in [-0.2, -0.15) is 0 Å². The van der Waals surface area contributed by atoms with E-state index < -0.39 is 0 Å². The smallest absolute Gasteiger partial charge is 0.0675 e. The first-order valence-corrected chi connectivity index (χ1v) is 2.80. The van der Waals surface area contributed by atoms with E-state index in [0.717, 1.165) is 5.88 Å². The number of nitrogens with zero attached hydrogens (tertiary/aromatic N) is 1. The maximum absolute atomic E-state index is 3.66. The molecule has 0 spiro atoms. The zero-order chi connectivity index (χ0) is 4.41. The van der Waals surface area contributed by atoms with E-state index in [-0.39, 0.29) is 0 Å². The summed E-state index contributed by atoms with van der Waals surface area (Å²) in [5.74, 6) is 1.01. The van der Waals surface area contributed by atoms with Crippen LogP contribution in [-0.2, 0) is 0 Å². The number of hydrogen-bond acceptors (Lipinski definition) is 2. The van der Waals surface area contributed by atoms with E-state index in [9.17, 15) is 0 Å². The standard InChI is InChI=1S/C4H6NS/c1-5-2-3-6-4-5/h2-3H,1,4H2. The van der Waals surface area contributed by atoms with Gasteiger partial charge in [0.25, 0.3) is 0 Å². The summed E-state index contributed by atoms with van der Waals surface area (Å²) in [6.45, 7) is 0. The molecule has 1 aliphatic heterocycles. The Morgan fingerprint density at radius 1 is 1.83 bits per heavy atom. The second-order valence-corrected chi connectivity index (χ2v) is 2.03. The molecule has 1 radical (unpaired) electrons. The van der Waals surface area contributed by atoms with Gasteiger partial charge in [0.2, 0.25) is 0 Å². The Bertz CT molecular complexity index is 69.9. The molecular formula is C4H6NS. The van der Waals surface area contributed by atoms with Gasteiger partial charge in [0.05, 0.1) is 5.88 Å². The summed E-state index contributed by atoms with van der Waals surface area (Å²) in [7, 11) is 3.66. The quantitative estimate of drug-likeness (QED) is 0.451. The highest BCUT2D eigenvalue weighted by Crippen LogP contribution is 2.12. The van der Waals surface area contributed by atoms with E-state index in [1.807, 2.05) is 16.5 Å². The van der Waals surface area contributed by atoms with Crippen LogP contribution in [0.4, 0.5) is 0 Å². The normalized spacial score (nSPS) is 19.8. The van der Waals surface area contributed by atoms with Crippen molar-refractivity contribution in [2.75, 3.05) is 5.88 Å². The minimum Gasteiger partial charge on any atom is -0.366 e. The SMILES string of the molecule is [CH2]N1C=CSC1. The van der Waals surface area contributed by atoms with Crippen molar-refractivity contribution in [3.05, 3.63) is 18.7 Å². The summed E-state index contributed by atoms with van der Waals surface area (Å²) < 4.78 is 0. The van der Waals surface area contributed by atoms with Crippen LogP contribution in [0.3, 0.4) is 0 Å². The Morgan fingerprint density at radius 2 is 2.67 bits per heavy atom. The van der Waals surface area contributed by atoms with Crippen LogP contribution >= 0.6 is 11.8 Å². The van der Waals surface area contributed by atoms with Gasteiger partial charge in [0.1, 0.15) is 0 Å². The molecule has 0 saturated heterocycles. The third-order valence-corrected chi connectivity index (χ3v) is 1.40. The molecule has 0 fully saturated rings. The van der Waals surface area contributed by atoms with Crippen LogP contribution in [-0.4, -0.2) is 10.8 Å². The van der Waals surface area contributed by atoms with Crippen molar-refractivity contribution in [1.29, 1.82) is 0 Å². The van der Waals surface area contributed by atoms with Gasteiger partial charge in [-0.25, -0.2) is 0 Å². The second kappa shape index (κ2) is 1.56. The first kappa shape index (κ1) is 4.06. The van der Waals surface area contributed by atoms with Gasteiger partial charge in [-0.1, -0.05) is 0 Å².